The van der Waals surface area contributed by atoms with Gasteiger partial charge in [0.1, 0.15) is 0 Å². The predicted molar refractivity (Wildman–Crippen MR) is 155 cm³/mol. The summed E-state index contributed by atoms with van der Waals surface area (Å²) in [6, 6.07) is 9.99. The lowest BCUT2D eigenvalue weighted by molar-refractivity contribution is -0.134. The molecule has 3 N–H and O–H groups in total. The van der Waals surface area contributed by atoms with Crippen molar-refractivity contribution in [3.05, 3.63) is 68.9 Å². The fourth-order valence-electron chi connectivity index (χ4n) is 4.07. The topological polar surface area (TPSA) is 152 Å². The van der Waals surface area contributed by atoms with Crippen LogP contribution in [0.5, 0.6) is 0 Å². The van der Waals surface area contributed by atoms with E-state index in [1.165, 1.54) is 37.3 Å². The first-order valence-electron chi connectivity index (χ1n) is 13.4. The van der Waals surface area contributed by atoms with Gasteiger partial charge >= 0.3 is 17.6 Å². The molecule has 3 rings (SSSR count). The zero-order valence-electron chi connectivity index (χ0n) is 23.7. The number of aromatic nitrogens is 4. The first-order chi connectivity index (χ1) is 19.1. The number of fused-ring (bicyclic) bond motifs is 1. The summed E-state index contributed by atoms with van der Waals surface area (Å²) in [4.78, 5) is 51.7. The molecule has 0 fully saturated rings. The minimum atomic E-state index is -1.26. The number of carboxylic acids is 2. The molecule has 0 aliphatic carbocycles. The molecule has 0 aliphatic rings. The number of unbranched alkanes of at least 4 members (excludes halogenated alkanes) is 2. The smallest absolute Gasteiger partial charge is 0.332 e. The maximum Gasteiger partial charge on any atom is 0.332 e. The van der Waals surface area contributed by atoms with Crippen LogP contribution in [0.15, 0.2) is 52.1 Å². The second kappa shape index (κ2) is 16.0. The third kappa shape index (κ3) is 9.23. The lowest BCUT2D eigenvalue weighted by Gasteiger charge is -2.22. The molecule has 0 spiro atoms. The summed E-state index contributed by atoms with van der Waals surface area (Å²) in [5.41, 5.74) is 1.22. The molecule has 40 heavy (non-hydrogen) atoms. The molecule has 2 heterocycles. The first-order valence-corrected chi connectivity index (χ1v) is 13.4. The number of nitrogens with one attached hydrogen (secondary N) is 1. The SMILES string of the molecule is CCCCN(CCCC)CCNc1nc2c(c(=O)n(C)c(=O)n2C)n1Cc1ccccc1.O=C(O)/C=C\C(=O)O. The van der Waals surface area contributed by atoms with Crippen molar-refractivity contribution in [1.82, 2.24) is 23.6 Å². The van der Waals surface area contributed by atoms with Gasteiger partial charge in [0.25, 0.3) is 5.56 Å². The molecule has 3 aromatic rings. The highest BCUT2D eigenvalue weighted by Gasteiger charge is 2.19. The van der Waals surface area contributed by atoms with E-state index >= 15 is 0 Å². The Kier molecular flexibility index (Phi) is 12.8. The van der Waals surface area contributed by atoms with E-state index in [0.29, 0.717) is 35.8 Å². The maximum absolute atomic E-state index is 13.0. The van der Waals surface area contributed by atoms with Gasteiger partial charge in [0.15, 0.2) is 11.2 Å². The Balaban J connectivity index is 0.000000611. The van der Waals surface area contributed by atoms with Crippen LogP contribution in [0.1, 0.15) is 45.1 Å². The number of aryl methyl sites for hydroxylation is 1. The zero-order valence-corrected chi connectivity index (χ0v) is 23.7. The van der Waals surface area contributed by atoms with E-state index in [1.807, 2.05) is 34.9 Å². The van der Waals surface area contributed by atoms with Crippen LogP contribution in [-0.4, -0.2) is 71.9 Å². The molecule has 0 saturated carbocycles. The number of aliphatic carboxylic acids is 2. The van der Waals surface area contributed by atoms with Crippen LogP contribution in [0.2, 0.25) is 0 Å². The summed E-state index contributed by atoms with van der Waals surface area (Å²) in [6.07, 6.45) is 5.86. The van der Waals surface area contributed by atoms with Gasteiger partial charge in [-0.3, -0.25) is 18.5 Å². The third-order valence-electron chi connectivity index (χ3n) is 6.27. The van der Waals surface area contributed by atoms with Crippen LogP contribution < -0.4 is 16.6 Å². The highest BCUT2D eigenvalue weighted by atomic mass is 16.4. The Morgan fingerprint density at radius 2 is 1.50 bits per heavy atom. The summed E-state index contributed by atoms with van der Waals surface area (Å²) >= 11 is 0. The van der Waals surface area contributed by atoms with Gasteiger partial charge in [0.05, 0.1) is 6.54 Å². The van der Waals surface area contributed by atoms with E-state index in [-0.39, 0.29) is 11.2 Å². The fourth-order valence-corrected chi connectivity index (χ4v) is 4.07. The minimum Gasteiger partial charge on any atom is -0.478 e. The Morgan fingerprint density at radius 3 is 2.02 bits per heavy atom. The highest BCUT2D eigenvalue weighted by molar-refractivity contribution is 5.89. The van der Waals surface area contributed by atoms with Crippen LogP contribution in [0.4, 0.5) is 5.95 Å². The van der Waals surface area contributed by atoms with Crippen molar-refractivity contribution in [3.63, 3.8) is 0 Å². The molecule has 0 aliphatic heterocycles. The van der Waals surface area contributed by atoms with E-state index in [0.717, 1.165) is 36.3 Å². The fraction of sp³-hybridized carbons (Fsp3) is 0.464. The van der Waals surface area contributed by atoms with Gasteiger partial charge in [-0.05, 0) is 31.5 Å². The quantitative estimate of drug-likeness (QED) is 0.254. The van der Waals surface area contributed by atoms with Gasteiger partial charge in [-0.25, -0.2) is 14.4 Å². The number of hydrogen-bond donors (Lipinski definition) is 3. The number of imidazole rings is 1. The molecule has 12 heteroatoms. The van der Waals surface area contributed by atoms with Crippen molar-refractivity contribution >= 4 is 29.1 Å². The third-order valence-corrected chi connectivity index (χ3v) is 6.27. The Morgan fingerprint density at radius 1 is 0.925 bits per heavy atom. The van der Waals surface area contributed by atoms with Crippen LogP contribution in [0, 0.1) is 0 Å². The molecule has 1 aromatic carbocycles. The summed E-state index contributed by atoms with van der Waals surface area (Å²) < 4.78 is 4.49. The van der Waals surface area contributed by atoms with Gasteiger partial charge in [-0.15, -0.1) is 0 Å². The average molecular weight is 557 g/mol. The predicted octanol–water partition coefficient (Wildman–Crippen LogP) is 2.51. The molecule has 0 bridgehead atoms. The number of carbonyl (C=O) groups is 2. The molecule has 0 saturated heterocycles. The molecule has 0 amide bonds. The van der Waals surface area contributed by atoms with Crippen molar-refractivity contribution in [2.75, 3.05) is 31.5 Å². The van der Waals surface area contributed by atoms with E-state index in [4.69, 9.17) is 10.2 Å². The second-order valence-corrected chi connectivity index (χ2v) is 9.37. The lowest BCUT2D eigenvalue weighted by Crippen LogP contribution is -2.37. The summed E-state index contributed by atoms with van der Waals surface area (Å²) in [5, 5.41) is 19.1. The summed E-state index contributed by atoms with van der Waals surface area (Å²) in [7, 11) is 3.17. The standard InChI is InChI=1S/C24H36N6O2.C4H4O4/c1-5-7-15-29(16-8-6-2)17-14-25-23-26-21-20(22(31)28(4)24(32)27(21)3)30(23)18-19-12-10-9-11-13-19;5-3(6)1-2-4(7)8/h9-13H,5-8,14-18H2,1-4H3,(H,25,26);1-2H,(H,5,6)(H,7,8)/b;2-1-. The van der Waals surface area contributed by atoms with E-state index in [2.05, 4.69) is 29.0 Å². The van der Waals surface area contributed by atoms with Crippen molar-refractivity contribution in [3.8, 4) is 0 Å². The molecule has 0 atom stereocenters. The Bertz CT molecular complexity index is 1380. The van der Waals surface area contributed by atoms with E-state index in [9.17, 15) is 19.2 Å². The second-order valence-electron chi connectivity index (χ2n) is 9.37. The van der Waals surface area contributed by atoms with Crippen LogP contribution in [0.25, 0.3) is 11.2 Å². The van der Waals surface area contributed by atoms with Gasteiger partial charge in [-0.2, -0.15) is 4.98 Å². The molecular formula is C28H40N6O6. The summed E-state index contributed by atoms with van der Waals surface area (Å²) in [6.45, 7) is 8.75. The van der Waals surface area contributed by atoms with Crippen molar-refractivity contribution in [2.24, 2.45) is 14.1 Å². The Hall–Kier alpha value is -4.19. The first kappa shape index (κ1) is 32.0. The number of rotatable bonds is 14. The maximum atomic E-state index is 13.0. The number of benzene rings is 1. The summed E-state index contributed by atoms with van der Waals surface area (Å²) in [5.74, 6) is -1.90. The Labute approximate surface area is 233 Å². The molecule has 0 unspecified atom stereocenters. The number of nitrogens with zero attached hydrogens (tertiary/aromatic N) is 5. The van der Waals surface area contributed by atoms with Gasteiger partial charge in [0.2, 0.25) is 5.95 Å². The van der Waals surface area contributed by atoms with Gasteiger partial charge < -0.3 is 20.4 Å². The lowest BCUT2D eigenvalue weighted by atomic mass is 10.2. The van der Waals surface area contributed by atoms with Crippen LogP contribution in [-0.2, 0) is 30.2 Å². The van der Waals surface area contributed by atoms with Crippen molar-refractivity contribution < 1.29 is 19.8 Å². The number of carboxylic acid groups (broad SMARTS) is 2. The average Bonchev–Trinajstić information content (AvgIpc) is 3.29. The number of anilines is 1. The molecule has 2 aromatic heterocycles. The normalized spacial score (nSPS) is 11.1. The molecule has 12 nitrogen and oxygen atoms in total. The zero-order chi connectivity index (χ0) is 29.7. The monoisotopic (exact) mass is 556 g/mol. The van der Waals surface area contributed by atoms with Crippen LogP contribution in [0.3, 0.4) is 0 Å². The van der Waals surface area contributed by atoms with Crippen molar-refractivity contribution in [2.45, 2.75) is 46.1 Å². The van der Waals surface area contributed by atoms with Gasteiger partial charge in [0, 0.05) is 39.3 Å². The largest absolute Gasteiger partial charge is 0.478 e. The molecular weight excluding hydrogens is 516 g/mol. The molecule has 218 valence electrons. The molecule has 0 radical (unpaired) electrons. The minimum absolute atomic E-state index is 0.327. The van der Waals surface area contributed by atoms with Gasteiger partial charge in [-0.1, -0.05) is 57.0 Å². The van der Waals surface area contributed by atoms with Crippen LogP contribution >= 0.6 is 0 Å². The number of hydrogen-bond acceptors (Lipinski definition) is 7. The van der Waals surface area contributed by atoms with E-state index < -0.39 is 11.9 Å². The van der Waals surface area contributed by atoms with Crippen molar-refractivity contribution in [1.29, 1.82) is 0 Å². The van der Waals surface area contributed by atoms with E-state index in [1.54, 1.807) is 7.05 Å². The highest BCUT2D eigenvalue weighted by Crippen LogP contribution is 2.18.